The lowest BCUT2D eigenvalue weighted by Gasteiger charge is -2.18. The molecule has 0 spiro atoms. The summed E-state index contributed by atoms with van der Waals surface area (Å²) in [6.45, 7) is 5.98. The molecular weight excluding hydrogens is 229 g/mol. The zero-order valence-electron chi connectivity index (χ0n) is 11.1. The van der Waals surface area contributed by atoms with Gasteiger partial charge in [-0.2, -0.15) is 13.2 Å². The predicted octanol–water partition coefficient (Wildman–Crippen LogP) is 2.90. The van der Waals surface area contributed by atoms with Crippen molar-refractivity contribution in [1.82, 2.24) is 10.2 Å². The number of halogens is 3. The third kappa shape index (κ3) is 13.6. The largest absolute Gasteiger partial charge is 0.401 e. The van der Waals surface area contributed by atoms with E-state index in [1.807, 2.05) is 0 Å². The van der Waals surface area contributed by atoms with Gasteiger partial charge in [-0.05, 0) is 45.4 Å². The Morgan fingerprint density at radius 1 is 1.12 bits per heavy atom. The Labute approximate surface area is 103 Å². The monoisotopic (exact) mass is 254 g/mol. The summed E-state index contributed by atoms with van der Waals surface area (Å²) < 4.78 is 36.0. The van der Waals surface area contributed by atoms with Crippen LogP contribution in [0, 0.1) is 5.92 Å². The topological polar surface area (TPSA) is 15.3 Å². The molecule has 0 aliphatic heterocycles. The zero-order valence-corrected chi connectivity index (χ0v) is 11.1. The van der Waals surface area contributed by atoms with E-state index >= 15 is 0 Å². The number of nitrogens with zero attached hydrogens (tertiary/aromatic N) is 1. The molecule has 17 heavy (non-hydrogen) atoms. The van der Waals surface area contributed by atoms with Gasteiger partial charge in [-0.15, -0.1) is 0 Å². The van der Waals surface area contributed by atoms with Crippen LogP contribution in [-0.4, -0.2) is 44.3 Å². The van der Waals surface area contributed by atoms with Crippen LogP contribution in [0.2, 0.25) is 0 Å². The van der Waals surface area contributed by atoms with Crippen LogP contribution < -0.4 is 5.32 Å². The van der Waals surface area contributed by atoms with Crippen molar-refractivity contribution < 1.29 is 13.2 Å². The van der Waals surface area contributed by atoms with E-state index in [9.17, 15) is 13.2 Å². The van der Waals surface area contributed by atoms with Gasteiger partial charge in [0.15, 0.2) is 0 Å². The molecule has 0 radical (unpaired) electrons. The molecule has 0 fully saturated rings. The van der Waals surface area contributed by atoms with E-state index < -0.39 is 12.7 Å². The molecule has 0 rings (SSSR count). The molecular formula is C12H25F3N2. The predicted molar refractivity (Wildman–Crippen MR) is 65.1 cm³/mol. The third-order valence-corrected chi connectivity index (χ3v) is 2.40. The standard InChI is InChI=1S/C12H25F3N2/c1-11(2)9-16-7-5-4-6-8-17(3)10-12(13,14)15/h11,16H,4-10H2,1-3H3. The molecule has 0 aromatic heterocycles. The van der Waals surface area contributed by atoms with Gasteiger partial charge >= 0.3 is 6.18 Å². The minimum atomic E-state index is -4.08. The van der Waals surface area contributed by atoms with Gasteiger partial charge in [-0.25, -0.2) is 0 Å². The van der Waals surface area contributed by atoms with Crippen LogP contribution in [0.4, 0.5) is 13.2 Å². The first kappa shape index (κ1) is 16.7. The average Bonchev–Trinajstić information content (AvgIpc) is 2.12. The van der Waals surface area contributed by atoms with E-state index in [1.54, 1.807) is 0 Å². The van der Waals surface area contributed by atoms with Gasteiger partial charge in [-0.1, -0.05) is 20.3 Å². The van der Waals surface area contributed by atoms with Crippen LogP contribution in [0.15, 0.2) is 0 Å². The van der Waals surface area contributed by atoms with Crippen molar-refractivity contribution in [1.29, 1.82) is 0 Å². The van der Waals surface area contributed by atoms with E-state index in [0.29, 0.717) is 12.5 Å². The molecule has 0 aliphatic carbocycles. The van der Waals surface area contributed by atoms with Crippen LogP contribution >= 0.6 is 0 Å². The van der Waals surface area contributed by atoms with Gasteiger partial charge in [0.05, 0.1) is 6.54 Å². The Kier molecular flexibility index (Phi) is 8.60. The number of hydrogen-bond donors (Lipinski definition) is 1. The Balaban J connectivity index is 3.28. The van der Waals surface area contributed by atoms with Crippen molar-refractivity contribution >= 4 is 0 Å². The first-order chi connectivity index (χ1) is 7.81. The summed E-state index contributed by atoms with van der Waals surface area (Å²) in [5, 5.41) is 3.32. The molecule has 0 aromatic rings. The number of unbranched alkanes of at least 4 members (excludes halogenated alkanes) is 2. The molecule has 0 aliphatic rings. The zero-order chi connectivity index (χ0) is 13.3. The van der Waals surface area contributed by atoms with Crippen LogP contribution in [-0.2, 0) is 0 Å². The summed E-state index contributed by atoms with van der Waals surface area (Å²) in [6, 6.07) is 0. The van der Waals surface area contributed by atoms with Crippen molar-refractivity contribution in [2.45, 2.75) is 39.3 Å². The summed E-state index contributed by atoms with van der Waals surface area (Å²) >= 11 is 0. The summed E-state index contributed by atoms with van der Waals surface area (Å²) in [7, 11) is 1.52. The maximum atomic E-state index is 12.0. The Hall–Kier alpha value is -0.290. The fourth-order valence-corrected chi connectivity index (χ4v) is 1.58. The lowest BCUT2D eigenvalue weighted by atomic mass is 10.2. The van der Waals surface area contributed by atoms with Gasteiger partial charge in [-0.3, -0.25) is 4.90 Å². The smallest absolute Gasteiger partial charge is 0.316 e. The maximum absolute atomic E-state index is 12.0. The first-order valence-electron chi connectivity index (χ1n) is 6.27. The van der Waals surface area contributed by atoms with Gasteiger partial charge in [0.25, 0.3) is 0 Å². The van der Waals surface area contributed by atoms with E-state index in [0.717, 1.165) is 32.4 Å². The number of alkyl halides is 3. The Morgan fingerprint density at radius 2 is 1.76 bits per heavy atom. The van der Waals surface area contributed by atoms with Crippen molar-refractivity contribution in [2.75, 3.05) is 33.2 Å². The highest BCUT2D eigenvalue weighted by molar-refractivity contribution is 4.59. The molecule has 104 valence electrons. The molecule has 0 heterocycles. The second-order valence-electron chi connectivity index (χ2n) is 5.01. The van der Waals surface area contributed by atoms with Crippen LogP contribution in [0.25, 0.3) is 0 Å². The highest BCUT2D eigenvalue weighted by Gasteiger charge is 2.28. The summed E-state index contributed by atoms with van der Waals surface area (Å²) in [4.78, 5) is 1.33. The molecule has 1 N–H and O–H groups in total. The molecule has 0 unspecified atom stereocenters. The fraction of sp³-hybridized carbons (Fsp3) is 1.00. The average molecular weight is 254 g/mol. The van der Waals surface area contributed by atoms with Crippen LogP contribution in [0.5, 0.6) is 0 Å². The molecule has 0 amide bonds. The molecule has 0 atom stereocenters. The summed E-state index contributed by atoms with van der Waals surface area (Å²) in [5.41, 5.74) is 0. The fourth-order valence-electron chi connectivity index (χ4n) is 1.58. The van der Waals surface area contributed by atoms with Crippen LogP contribution in [0.1, 0.15) is 33.1 Å². The van der Waals surface area contributed by atoms with Crippen molar-refractivity contribution in [2.24, 2.45) is 5.92 Å². The van der Waals surface area contributed by atoms with Gasteiger partial charge in [0.2, 0.25) is 0 Å². The van der Waals surface area contributed by atoms with E-state index in [-0.39, 0.29) is 0 Å². The van der Waals surface area contributed by atoms with E-state index in [2.05, 4.69) is 19.2 Å². The highest BCUT2D eigenvalue weighted by Crippen LogP contribution is 2.15. The summed E-state index contributed by atoms with van der Waals surface area (Å²) in [5.74, 6) is 0.646. The lowest BCUT2D eigenvalue weighted by molar-refractivity contribution is -0.143. The maximum Gasteiger partial charge on any atom is 0.401 e. The molecule has 5 heteroatoms. The third-order valence-electron chi connectivity index (χ3n) is 2.40. The second-order valence-corrected chi connectivity index (χ2v) is 5.01. The van der Waals surface area contributed by atoms with Gasteiger partial charge in [0.1, 0.15) is 0 Å². The minimum absolute atomic E-state index is 0.518. The van der Waals surface area contributed by atoms with Crippen molar-refractivity contribution in [3.63, 3.8) is 0 Å². The molecule has 0 bridgehead atoms. The van der Waals surface area contributed by atoms with Crippen molar-refractivity contribution in [3.8, 4) is 0 Å². The molecule has 2 nitrogen and oxygen atoms in total. The quantitative estimate of drug-likeness (QED) is 0.636. The molecule has 0 saturated heterocycles. The van der Waals surface area contributed by atoms with E-state index in [1.165, 1.54) is 11.9 Å². The first-order valence-corrected chi connectivity index (χ1v) is 6.27. The lowest BCUT2D eigenvalue weighted by Crippen LogP contribution is -2.31. The minimum Gasteiger partial charge on any atom is -0.316 e. The van der Waals surface area contributed by atoms with Gasteiger partial charge in [0, 0.05) is 0 Å². The number of nitrogens with one attached hydrogen (secondary N) is 1. The van der Waals surface area contributed by atoms with Crippen molar-refractivity contribution in [3.05, 3.63) is 0 Å². The van der Waals surface area contributed by atoms with Gasteiger partial charge < -0.3 is 5.32 Å². The Bertz CT molecular complexity index is 181. The Morgan fingerprint density at radius 3 is 2.29 bits per heavy atom. The van der Waals surface area contributed by atoms with Crippen LogP contribution in [0.3, 0.4) is 0 Å². The molecule has 0 saturated carbocycles. The highest BCUT2D eigenvalue weighted by atomic mass is 19.4. The number of hydrogen-bond acceptors (Lipinski definition) is 2. The number of rotatable bonds is 9. The molecule has 0 aromatic carbocycles. The SMILES string of the molecule is CC(C)CNCCCCCN(C)CC(F)(F)F. The second kappa shape index (κ2) is 8.75. The van der Waals surface area contributed by atoms with E-state index in [4.69, 9.17) is 0 Å². The normalized spacial score (nSPS) is 12.7. The summed E-state index contributed by atoms with van der Waals surface area (Å²) in [6.07, 6.45) is -1.23.